The summed E-state index contributed by atoms with van der Waals surface area (Å²) >= 11 is 6.01. The Balaban J connectivity index is 2.35. The van der Waals surface area contributed by atoms with Crippen LogP contribution in [-0.2, 0) is 0 Å². The van der Waals surface area contributed by atoms with E-state index in [1.807, 2.05) is 19.1 Å². The molecule has 2 aromatic rings. The van der Waals surface area contributed by atoms with Gasteiger partial charge in [0.2, 0.25) is 0 Å². The van der Waals surface area contributed by atoms with E-state index in [0.29, 0.717) is 16.5 Å². The van der Waals surface area contributed by atoms with Gasteiger partial charge in [0, 0.05) is 10.6 Å². The maximum absolute atomic E-state index is 13.0. The van der Waals surface area contributed by atoms with Crippen LogP contribution in [0.3, 0.4) is 0 Å². The van der Waals surface area contributed by atoms with Crippen LogP contribution in [0.5, 0.6) is 11.5 Å². The van der Waals surface area contributed by atoms with Gasteiger partial charge in [0.05, 0.1) is 0 Å². The van der Waals surface area contributed by atoms with Gasteiger partial charge in [-0.2, -0.15) is 0 Å². The molecule has 0 radical (unpaired) electrons. The van der Waals surface area contributed by atoms with E-state index in [1.165, 1.54) is 12.1 Å². The molecule has 0 amide bonds. The predicted octanol–water partition coefficient (Wildman–Crippen LogP) is 4.89. The first kappa shape index (κ1) is 11.9. The fourth-order valence-corrected chi connectivity index (χ4v) is 1.71. The first-order valence-electron chi connectivity index (χ1n) is 5.27. The smallest absolute Gasteiger partial charge is 0.131 e. The highest BCUT2D eigenvalue weighted by atomic mass is 35.5. The Morgan fingerprint density at radius 3 is 2.53 bits per heavy atom. The van der Waals surface area contributed by atoms with E-state index < -0.39 is 0 Å². The van der Waals surface area contributed by atoms with E-state index >= 15 is 0 Å². The Morgan fingerprint density at radius 2 is 1.82 bits per heavy atom. The zero-order valence-corrected chi connectivity index (χ0v) is 10.4. The fourth-order valence-electron chi connectivity index (χ4n) is 1.54. The van der Waals surface area contributed by atoms with Gasteiger partial charge in [-0.1, -0.05) is 17.7 Å². The summed E-state index contributed by atoms with van der Waals surface area (Å²) in [7, 11) is 0. The zero-order valence-electron chi connectivity index (χ0n) is 9.63. The van der Waals surface area contributed by atoms with Gasteiger partial charge in [-0.05, 0) is 49.7 Å². The van der Waals surface area contributed by atoms with Crippen LogP contribution in [0.25, 0.3) is 0 Å². The number of aryl methyl sites for hydroxylation is 1. The van der Waals surface area contributed by atoms with E-state index in [-0.39, 0.29) is 5.82 Å². The Labute approximate surface area is 105 Å². The van der Waals surface area contributed by atoms with E-state index in [4.69, 9.17) is 16.3 Å². The molecule has 17 heavy (non-hydrogen) atoms. The third-order valence-electron chi connectivity index (χ3n) is 2.57. The zero-order chi connectivity index (χ0) is 12.4. The van der Waals surface area contributed by atoms with Crippen LogP contribution in [0.4, 0.5) is 4.39 Å². The number of ether oxygens (including phenoxy) is 1. The van der Waals surface area contributed by atoms with Gasteiger partial charge in [0.1, 0.15) is 17.3 Å². The van der Waals surface area contributed by atoms with Gasteiger partial charge in [0.15, 0.2) is 0 Å². The second kappa shape index (κ2) is 4.76. The fraction of sp³-hybridized carbons (Fsp3) is 0.143. The molecule has 1 nitrogen and oxygen atoms in total. The van der Waals surface area contributed by atoms with Crippen LogP contribution in [0.1, 0.15) is 11.1 Å². The average molecular weight is 251 g/mol. The van der Waals surface area contributed by atoms with Crippen molar-refractivity contribution in [2.75, 3.05) is 0 Å². The minimum Gasteiger partial charge on any atom is -0.457 e. The minimum absolute atomic E-state index is 0.266. The lowest BCUT2D eigenvalue weighted by molar-refractivity contribution is 0.473. The lowest BCUT2D eigenvalue weighted by Crippen LogP contribution is -1.91. The van der Waals surface area contributed by atoms with Crippen LogP contribution in [-0.4, -0.2) is 0 Å². The van der Waals surface area contributed by atoms with Crippen molar-refractivity contribution < 1.29 is 9.13 Å². The second-order valence-corrected chi connectivity index (χ2v) is 4.28. The third kappa shape index (κ3) is 2.59. The van der Waals surface area contributed by atoms with Crippen LogP contribution in [0.15, 0.2) is 36.4 Å². The summed E-state index contributed by atoms with van der Waals surface area (Å²) in [6.07, 6.45) is 0. The van der Waals surface area contributed by atoms with Crippen LogP contribution < -0.4 is 4.74 Å². The highest BCUT2D eigenvalue weighted by Crippen LogP contribution is 2.31. The number of halogens is 2. The first-order chi connectivity index (χ1) is 8.08. The summed E-state index contributed by atoms with van der Waals surface area (Å²) in [6.45, 7) is 3.69. The number of hydrogen-bond acceptors (Lipinski definition) is 1. The quantitative estimate of drug-likeness (QED) is 0.737. The van der Waals surface area contributed by atoms with Crippen LogP contribution in [0.2, 0.25) is 5.02 Å². The molecule has 0 aliphatic heterocycles. The molecule has 2 aromatic carbocycles. The average Bonchev–Trinajstić information content (AvgIpc) is 2.28. The SMILES string of the molecule is Cc1cc(F)ccc1Oc1cccc(Cl)c1C. The van der Waals surface area contributed by atoms with Gasteiger partial charge in [-0.25, -0.2) is 4.39 Å². The van der Waals surface area contributed by atoms with Crippen molar-refractivity contribution in [3.8, 4) is 11.5 Å². The monoisotopic (exact) mass is 250 g/mol. The lowest BCUT2D eigenvalue weighted by atomic mass is 10.2. The predicted molar refractivity (Wildman–Crippen MR) is 67.4 cm³/mol. The molecule has 0 spiro atoms. The Kier molecular flexibility index (Phi) is 3.34. The molecule has 88 valence electrons. The molecule has 0 atom stereocenters. The van der Waals surface area contributed by atoms with Gasteiger partial charge in [0.25, 0.3) is 0 Å². The van der Waals surface area contributed by atoms with Crippen molar-refractivity contribution in [3.63, 3.8) is 0 Å². The normalized spacial score (nSPS) is 10.4. The second-order valence-electron chi connectivity index (χ2n) is 3.87. The summed E-state index contributed by atoms with van der Waals surface area (Å²) in [5, 5.41) is 0.655. The molecule has 0 saturated heterocycles. The molecule has 0 bridgehead atoms. The number of benzene rings is 2. The van der Waals surface area contributed by atoms with Crippen molar-refractivity contribution in [2.24, 2.45) is 0 Å². The maximum Gasteiger partial charge on any atom is 0.131 e. The number of rotatable bonds is 2. The van der Waals surface area contributed by atoms with E-state index in [1.54, 1.807) is 19.1 Å². The molecular formula is C14H12ClFO. The van der Waals surface area contributed by atoms with Gasteiger partial charge in [-0.15, -0.1) is 0 Å². The standard InChI is InChI=1S/C14H12ClFO/c1-9-8-11(16)6-7-13(9)17-14-5-3-4-12(15)10(14)2/h3-8H,1-2H3. The Morgan fingerprint density at radius 1 is 1.06 bits per heavy atom. The van der Waals surface area contributed by atoms with Gasteiger partial charge < -0.3 is 4.74 Å². The molecule has 0 aliphatic rings. The summed E-state index contributed by atoms with van der Waals surface area (Å²) < 4.78 is 18.7. The maximum atomic E-state index is 13.0. The Hall–Kier alpha value is -1.54. The van der Waals surface area contributed by atoms with Crippen LogP contribution in [0, 0.1) is 19.7 Å². The van der Waals surface area contributed by atoms with Gasteiger partial charge in [-0.3, -0.25) is 0 Å². The van der Waals surface area contributed by atoms with Crippen molar-refractivity contribution in [3.05, 3.63) is 58.4 Å². The van der Waals surface area contributed by atoms with Crippen molar-refractivity contribution in [1.29, 1.82) is 0 Å². The molecule has 0 unspecified atom stereocenters. The van der Waals surface area contributed by atoms with Crippen molar-refractivity contribution in [1.82, 2.24) is 0 Å². The first-order valence-corrected chi connectivity index (χ1v) is 5.65. The topological polar surface area (TPSA) is 9.23 Å². The van der Waals surface area contributed by atoms with Crippen LogP contribution >= 0.6 is 11.6 Å². The highest BCUT2D eigenvalue weighted by Gasteiger charge is 2.06. The van der Waals surface area contributed by atoms with E-state index in [9.17, 15) is 4.39 Å². The summed E-state index contributed by atoms with van der Waals surface area (Å²) in [5.41, 5.74) is 1.63. The van der Waals surface area contributed by atoms with Crippen molar-refractivity contribution in [2.45, 2.75) is 13.8 Å². The molecule has 0 heterocycles. The van der Waals surface area contributed by atoms with E-state index in [0.717, 1.165) is 11.1 Å². The number of hydrogen-bond donors (Lipinski definition) is 0. The summed E-state index contributed by atoms with van der Waals surface area (Å²) in [4.78, 5) is 0. The molecule has 0 N–H and O–H groups in total. The molecule has 0 fully saturated rings. The summed E-state index contributed by atoms with van der Waals surface area (Å²) in [5.74, 6) is 1.06. The molecule has 0 aliphatic carbocycles. The largest absolute Gasteiger partial charge is 0.457 e. The molecule has 2 rings (SSSR count). The molecule has 3 heteroatoms. The minimum atomic E-state index is -0.266. The van der Waals surface area contributed by atoms with Gasteiger partial charge >= 0.3 is 0 Å². The highest BCUT2D eigenvalue weighted by molar-refractivity contribution is 6.31. The summed E-state index contributed by atoms with van der Waals surface area (Å²) in [6, 6.07) is 9.90. The lowest BCUT2D eigenvalue weighted by Gasteiger charge is -2.11. The molecular weight excluding hydrogens is 239 g/mol. The molecule has 0 saturated carbocycles. The van der Waals surface area contributed by atoms with E-state index in [2.05, 4.69) is 0 Å². The van der Waals surface area contributed by atoms with Crippen molar-refractivity contribution >= 4 is 11.6 Å². The molecule has 0 aromatic heterocycles. The Bertz CT molecular complexity index is 552. The third-order valence-corrected chi connectivity index (χ3v) is 2.98.